The molecule has 0 aliphatic heterocycles. The minimum Gasteiger partial charge on any atom is -0.418 e. The van der Waals surface area contributed by atoms with Gasteiger partial charge in [-0.25, -0.2) is 0 Å². The van der Waals surface area contributed by atoms with Crippen LogP contribution in [0.3, 0.4) is 0 Å². The van der Waals surface area contributed by atoms with E-state index in [1.807, 2.05) is 0 Å². The van der Waals surface area contributed by atoms with Crippen LogP contribution in [0.5, 0.6) is 0 Å². The minimum atomic E-state index is -6.00. The highest BCUT2D eigenvalue weighted by Gasteiger charge is 2.21. The molecule has 1 nitrogen and oxygen atoms in total. The Morgan fingerprint density at radius 2 is 1.42 bits per heavy atom. The van der Waals surface area contributed by atoms with Crippen molar-refractivity contribution in [2.75, 3.05) is 0 Å². The zero-order valence-corrected chi connectivity index (χ0v) is 15.1. The van der Waals surface area contributed by atoms with E-state index in [2.05, 4.69) is 80.1 Å². The maximum Gasteiger partial charge on any atom is 0.673 e. The van der Waals surface area contributed by atoms with Gasteiger partial charge in [-0.1, -0.05) is 50.2 Å². The molecule has 0 saturated heterocycles. The number of halogens is 4. The van der Waals surface area contributed by atoms with Crippen molar-refractivity contribution in [1.82, 2.24) is 0 Å². The number of benzene rings is 2. The smallest absolute Gasteiger partial charge is 0.418 e. The van der Waals surface area contributed by atoms with Gasteiger partial charge in [-0.05, 0) is 24.8 Å². The van der Waals surface area contributed by atoms with Crippen LogP contribution in [0.2, 0.25) is 0 Å². The Hall–Kier alpha value is -2.37. The van der Waals surface area contributed by atoms with Gasteiger partial charge in [0.05, 0.1) is 0 Å². The van der Waals surface area contributed by atoms with E-state index >= 15 is 0 Å². The molecule has 26 heavy (non-hydrogen) atoms. The molecule has 0 saturated carbocycles. The highest BCUT2D eigenvalue weighted by atomic mass is 19.5. The number of aromatic nitrogens is 1. The van der Waals surface area contributed by atoms with Crippen LogP contribution in [0, 0.1) is 6.92 Å². The average Bonchev–Trinajstić information content (AvgIpc) is 2.59. The molecule has 1 aromatic heterocycles. The third-order valence-electron chi connectivity index (χ3n) is 4.26. The van der Waals surface area contributed by atoms with Gasteiger partial charge < -0.3 is 17.3 Å². The molecule has 2 aromatic carbocycles. The molecule has 0 N–H and O–H groups in total. The van der Waals surface area contributed by atoms with Crippen molar-refractivity contribution in [3.05, 3.63) is 71.5 Å². The molecule has 0 bridgehead atoms. The molecule has 138 valence electrons. The molecule has 0 aliphatic carbocycles. The Balaban J connectivity index is 0.000000431. The summed E-state index contributed by atoms with van der Waals surface area (Å²) >= 11 is 0. The maximum atomic E-state index is 9.75. The molecule has 0 aliphatic rings. The third kappa shape index (κ3) is 4.84. The number of para-hydroxylation sites is 1. The first-order valence-electron chi connectivity index (χ1n) is 8.64. The number of rotatable bonds is 3. The molecule has 0 atom stereocenters. The average molecular weight is 363 g/mol. The highest BCUT2D eigenvalue weighted by molar-refractivity contribution is 6.50. The van der Waals surface area contributed by atoms with Gasteiger partial charge in [0.25, 0.3) is 0 Å². The Morgan fingerprint density at radius 3 is 2.00 bits per heavy atom. The highest BCUT2D eigenvalue weighted by Crippen LogP contribution is 2.22. The minimum absolute atomic E-state index is 1.04. The van der Waals surface area contributed by atoms with E-state index in [0.717, 1.165) is 12.8 Å². The fraction of sp³-hybridized carbons (Fsp3) is 0.250. The van der Waals surface area contributed by atoms with E-state index < -0.39 is 7.25 Å². The predicted octanol–water partition coefficient (Wildman–Crippen LogP) is 5.85. The number of nitrogens with zero attached hydrogens (tertiary/aromatic N) is 1. The van der Waals surface area contributed by atoms with Gasteiger partial charge in [-0.15, -0.1) is 0 Å². The van der Waals surface area contributed by atoms with Crippen molar-refractivity contribution in [3.8, 4) is 5.69 Å². The first-order chi connectivity index (χ1) is 12.3. The van der Waals surface area contributed by atoms with Crippen LogP contribution in [0.1, 0.15) is 30.7 Å². The Morgan fingerprint density at radius 1 is 0.846 bits per heavy atom. The lowest BCUT2D eigenvalue weighted by Gasteiger charge is -2.11. The van der Waals surface area contributed by atoms with Crippen LogP contribution < -0.4 is 4.57 Å². The lowest BCUT2D eigenvalue weighted by Crippen LogP contribution is -2.37. The van der Waals surface area contributed by atoms with Gasteiger partial charge >= 0.3 is 7.25 Å². The molecule has 0 spiro atoms. The van der Waals surface area contributed by atoms with Crippen LogP contribution in [0.4, 0.5) is 17.3 Å². The second kappa shape index (κ2) is 8.34. The summed E-state index contributed by atoms with van der Waals surface area (Å²) in [5.41, 5.74) is 5.49. The molecule has 3 aromatic rings. The zero-order valence-electron chi connectivity index (χ0n) is 15.1. The zero-order chi connectivity index (χ0) is 19.3. The second-order valence-corrected chi connectivity index (χ2v) is 6.00. The van der Waals surface area contributed by atoms with Crippen molar-refractivity contribution in [2.24, 2.45) is 0 Å². The second-order valence-electron chi connectivity index (χ2n) is 6.00. The van der Waals surface area contributed by atoms with E-state index in [9.17, 15) is 17.3 Å². The van der Waals surface area contributed by atoms with Crippen LogP contribution in [-0.4, -0.2) is 7.25 Å². The summed E-state index contributed by atoms with van der Waals surface area (Å²) in [7, 11) is -6.00. The van der Waals surface area contributed by atoms with Gasteiger partial charge in [0, 0.05) is 29.0 Å². The van der Waals surface area contributed by atoms with Crippen molar-refractivity contribution >= 4 is 18.0 Å². The largest absolute Gasteiger partial charge is 0.673 e. The molecular formula is C20H22BF4N. The fourth-order valence-electron chi connectivity index (χ4n) is 3.23. The topological polar surface area (TPSA) is 3.88 Å². The summed E-state index contributed by atoms with van der Waals surface area (Å²) < 4.78 is 41.4. The molecule has 3 rings (SSSR count). The van der Waals surface area contributed by atoms with Crippen LogP contribution in [0.25, 0.3) is 16.5 Å². The Kier molecular flexibility index (Phi) is 6.40. The van der Waals surface area contributed by atoms with Gasteiger partial charge in [-0.3, -0.25) is 0 Å². The number of aryl methyl sites for hydroxylation is 2. The summed E-state index contributed by atoms with van der Waals surface area (Å²) in [4.78, 5) is 0. The Bertz CT molecular complexity index is 885. The van der Waals surface area contributed by atoms with Gasteiger partial charge in [0.2, 0.25) is 5.69 Å². The molecular weight excluding hydrogens is 341 g/mol. The van der Waals surface area contributed by atoms with Crippen molar-refractivity contribution in [3.63, 3.8) is 0 Å². The van der Waals surface area contributed by atoms with E-state index in [1.54, 1.807) is 0 Å². The molecule has 0 fully saturated rings. The number of hydrogen-bond donors (Lipinski definition) is 0. The molecule has 6 heteroatoms. The van der Waals surface area contributed by atoms with Gasteiger partial charge in [0.15, 0.2) is 11.9 Å². The van der Waals surface area contributed by atoms with Crippen molar-refractivity contribution < 1.29 is 21.8 Å². The standard InChI is InChI=1S/C20H22N.BF4/c1-4-17-18-12-8-7-11-16(18)14-21(19(17)5-2)20-13-9-6-10-15(20)3;2-1(3,4)5/h6-14H,4-5H2,1-3H3;/q+1;-1. The van der Waals surface area contributed by atoms with Gasteiger partial charge in [-0.2, -0.15) is 4.57 Å². The normalized spacial score (nSPS) is 11.2. The summed E-state index contributed by atoms with van der Waals surface area (Å²) in [5, 5.41) is 2.71. The summed E-state index contributed by atoms with van der Waals surface area (Å²) in [6.07, 6.45) is 4.40. The third-order valence-corrected chi connectivity index (χ3v) is 4.26. The maximum absolute atomic E-state index is 9.75. The van der Waals surface area contributed by atoms with E-state index in [-0.39, 0.29) is 0 Å². The summed E-state index contributed by atoms with van der Waals surface area (Å²) in [5.74, 6) is 0. The van der Waals surface area contributed by atoms with E-state index in [0.29, 0.717) is 0 Å². The fourth-order valence-corrected chi connectivity index (χ4v) is 3.23. The molecule has 0 amide bonds. The number of pyridine rings is 1. The predicted molar refractivity (Wildman–Crippen MR) is 99.2 cm³/mol. The molecule has 0 radical (unpaired) electrons. The van der Waals surface area contributed by atoms with E-state index in [1.165, 1.54) is 33.3 Å². The molecule has 0 unspecified atom stereocenters. The number of fused-ring (bicyclic) bond motifs is 1. The molecule has 1 heterocycles. The van der Waals surface area contributed by atoms with Crippen LogP contribution in [0.15, 0.2) is 54.7 Å². The van der Waals surface area contributed by atoms with Crippen LogP contribution >= 0.6 is 0 Å². The van der Waals surface area contributed by atoms with Gasteiger partial charge in [0.1, 0.15) is 0 Å². The lowest BCUT2D eigenvalue weighted by molar-refractivity contribution is -0.603. The van der Waals surface area contributed by atoms with Crippen molar-refractivity contribution in [2.45, 2.75) is 33.6 Å². The SMILES string of the molecule is CCc1c(CC)[n+](-c2ccccc2C)cc2ccccc12.F[B-](F)(F)F. The van der Waals surface area contributed by atoms with E-state index in [4.69, 9.17) is 0 Å². The summed E-state index contributed by atoms with van der Waals surface area (Å²) in [6, 6.07) is 17.3. The first-order valence-corrected chi connectivity index (χ1v) is 8.64. The van der Waals surface area contributed by atoms with Crippen molar-refractivity contribution in [1.29, 1.82) is 0 Å². The summed E-state index contributed by atoms with van der Waals surface area (Å²) in [6.45, 7) is 6.68. The first kappa shape index (κ1) is 20.0. The Labute approximate surface area is 151 Å². The quantitative estimate of drug-likeness (QED) is 0.312. The monoisotopic (exact) mass is 363 g/mol. The van der Waals surface area contributed by atoms with Crippen LogP contribution in [-0.2, 0) is 12.8 Å². The lowest BCUT2D eigenvalue weighted by atomic mass is 9.99. The number of hydrogen-bond acceptors (Lipinski definition) is 0.